The van der Waals surface area contributed by atoms with Gasteiger partial charge >= 0.3 is 0 Å². The van der Waals surface area contributed by atoms with Crippen LogP contribution in [-0.2, 0) is 0 Å². The molecule has 1 aromatic rings. The Morgan fingerprint density at radius 1 is 1.31 bits per heavy atom. The zero-order valence-electron chi connectivity index (χ0n) is 9.99. The van der Waals surface area contributed by atoms with E-state index in [1.54, 1.807) is 12.7 Å². The van der Waals surface area contributed by atoms with Gasteiger partial charge in [-0.1, -0.05) is 36.8 Å². The Labute approximate surface area is 97.4 Å². The van der Waals surface area contributed by atoms with Crippen molar-refractivity contribution in [3.63, 3.8) is 0 Å². The first-order valence-electron chi connectivity index (χ1n) is 5.87. The summed E-state index contributed by atoms with van der Waals surface area (Å²) >= 11 is 0. The Kier molecular flexibility index (Phi) is 3.45. The molecule has 0 radical (unpaired) electrons. The quantitative estimate of drug-likeness (QED) is 0.732. The molecule has 1 nitrogen and oxygen atoms in total. The topological polar surface area (TPSA) is 9.23 Å². The van der Waals surface area contributed by atoms with Crippen molar-refractivity contribution < 1.29 is 4.74 Å². The molecule has 0 spiro atoms. The largest absolute Gasteiger partial charge is 0.497 e. The summed E-state index contributed by atoms with van der Waals surface area (Å²) in [6, 6.07) is 8.27. The third-order valence-electron chi connectivity index (χ3n) is 3.05. The molecule has 0 heterocycles. The normalized spacial score (nSPS) is 15.4. The number of hydrogen-bond donors (Lipinski definition) is 0. The van der Waals surface area contributed by atoms with Gasteiger partial charge in [-0.3, -0.25) is 0 Å². The van der Waals surface area contributed by atoms with Gasteiger partial charge in [0.15, 0.2) is 0 Å². The van der Waals surface area contributed by atoms with Crippen LogP contribution >= 0.6 is 0 Å². The summed E-state index contributed by atoms with van der Waals surface area (Å²) in [5, 5.41) is 0. The van der Waals surface area contributed by atoms with Crippen molar-refractivity contribution >= 4 is 5.57 Å². The zero-order valence-corrected chi connectivity index (χ0v) is 9.99. The van der Waals surface area contributed by atoms with Crippen molar-refractivity contribution in [1.29, 1.82) is 0 Å². The number of hydrogen-bond acceptors (Lipinski definition) is 1. The van der Waals surface area contributed by atoms with Crippen LogP contribution in [0.25, 0.3) is 5.57 Å². The lowest BCUT2D eigenvalue weighted by Gasteiger charge is -2.13. The number of methoxy groups -OCH3 is 1. The SMILES string of the molecule is CCC1=CC(c2cccc(OC)c2)=CCC1. The molecule has 2 rings (SSSR count). The molecule has 0 aliphatic heterocycles. The van der Waals surface area contributed by atoms with Crippen LogP contribution in [0.15, 0.2) is 42.0 Å². The van der Waals surface area contributed by atoms with Crippen LogP contribution in [0.3, 0.4) is 0 Å². The zero-order chi connectivity index (χ0) is 11.4. The Balaban J connectivity index is 2.30. The van der Waals surface area contributed by atoms with Gasteiger partial charge in [-0.15, -0.1) is 0 Å². The van der Waals surface area contributed by atoms with Gasteiger partial charge in [0.2, 0.25) is 0 Å². The molecule has 0 amide bonds. The number of ether oxygens (including phenoxy) is 1. The summed E-state index contributed by atoms with van der Waals surface area (Å²) in [4.78, 5) is 0. The minimum atomic E-state index is 0.926. The van der Waals surface area contributed by atoms with Crippen molar-refractivity contribution in [2.45, 2.75) is 26.2 Å². The molecule has 1 aliphatic carbocycles. The van der Waals surface area contributed by atoms with Crippen LogP contribution < -0.4 is 4.74 Å². The highest BCUT2D eigenvalue weighted by Crippen LogP contribution is 2.28. The lowest BCUT2D eigenvalue weighted by Crippen LogP contribution is -1.92. The fraction of sp³-hybridized carbons (Fsp3) is 0.333. The molecular formula is C15H18O. The minimum Gasteiger partial charge on any atom is -0.497 e. The van der Waals surface area contributed by atoms with E-state index in [0.29, 0.717) is 0 Å². The van der Waals surface area contributed by atoms with Crippen LogP contribution in [0.4, 0.5) is 0 Å². The average molecular weight is 214 g/mol. The van der Waals surface area contributed by atoms with Crippen molar-refractivity contribution in [1.82, 2.24) is 0 Å². The molecule has 1 aromatic carbocycles. The van der Waals surface area contributed by atoms with Gasteiger partial charge in [0, 0.05) is 0 Å². The van der Waals surface area contributed by atoms with Gasteiger partial charge in [-0.2, -0.15) is 0 Å². The summed E-state index contributed by atoms with van der Waals surface area (Å²) in [6.07, 6.45) is 8.16. The Morgan fingerprint density at radius 2 is 2.19 bits per heavy atom. The summed E-state index contributed by atoms with van der Waals surface area (Å²) < 4.78 is 5.25. The van der Waals surface area contributed by atoms with E-state index < -0.39 is 0 Å². The van der Waals surface area contributed by atoms with Gasteiger partial charge in [-0.05, 0) is 42.5 Å². The first-order chi connectivity index (χ1) is 7.83. The molecule has 0 atom stereocenters. The summed E-state index contributed by atoms with van der Waals surface area (Å²) in [7, 11) is 1.71. The van der Waals surface area contributed by atoms with Gasteiger partial charge in [0.1, 0.15) is 5.75 Å². The predicted octanol–water partition coefficient (Wildman–Crippen LogP) is 4.21. The van der Waals surface area contributed by atoms with E-state index in [1.807, 2.05) is 12.1 Å². The van der Waals surface area contributed by atoms with E-state index >= 15 is 0 Å². The van der Waals surface area contributed by atoms with Gasteiger partial charge < -0.3 is 4.74 Å². The number of benzene rings is 1. The van der Waals surface area contributed by atoms with Gasteiger partial charge in [0.05, 0.1) is 7.11 Å². The lowest BCUT2D eigenvalue weighted by molar-refractivity contribution is 0.414. The standard InChI is InChI=1S/C15H18O/c1-3-12-6-4-7-13(10-12)14-8-5-9-15(11-14)16-2/h5,7-11H,3-4,6H2,1-2H3. The van der Waals surface area contributed by atoms with Crippen LogP contribution in [0.2, 0.25) is 0 Å². The molecule has 0 bridgehead atoms. The second kappa shape index (κ2) is 5.02. The fourth-order valence-electron chi connectivity index (χ4n) is 2.05. The van der Waals surface area contributed by atoms with Crippen LogP contribution in [0.5, 0.6) is 5.75 Å². The predicted molar refractivity (Wildman–Crippen MR) is 68.6 cm³/mol. The summed E-state index contributed by atoms with van der Waals surface area (Å²) in [5.74, 6) is 0.926. The fourth-order valence-corrected chi connectivity index (χ4v) is 2.05. The molecule has 84 valence electrons. The second-order valence-electron chi connectivity index (χ2n) is 4.09. The lowest BCUT2D eigenvalue weighted by atomic mass is 9.93. The highest BCUT2D eigenvalue weighted by atomic mass is 16.5. The van der Waals surface area contributed by atoms with Gasteiger partial charge in [-0.25, -0.2) is 0 Å². The van der Waals surface area contributed by atoms with E-state index in [4.69, 9.17) is 4.74 Å². The molecule has 0 unspecified atom stereocenters. The third kappa shape index (κ3) is 2.35. The maximum absolute atomic E-state index is 5.25. The maximum Gasteiger partial charge on any atom is 0.119 e. The first-order valence-corrected chi connectivity index (χ1v) is 5.87. The highest BCUT2D eigenvalue weighted by Gasteiger charge is 2.06. The molecular weight excluding hydrogens is 196 g/mol. The minimum absolute atomic E-state index is 0.926. The molecule has 0 saturated carbocycles. The molecule has 0 N–H and O–H groups in total. The Morgan fingerprint density at radius 3 is 2.94 bits per heavy atom. The molecule has 1 heteroatoms. The molecule has 16 heavy (non-hydrogen) atoms. The molecule has 0 aromatic heterocycles. The van der Waals surface area contributed by atoms with Crippen molar-refractivity contribution in [2.24, 2.45) is 0 Å². The van der Waals surface area contributed by atoms with Crippen molar-refractivity contribution in [3.8, 4) is 5.75 Å². The van der Waals surface area contributed by atoms with E-state index in [1.165, 1.54) is 17.6 Å². The maximum atomic E-state index is 5.25. The number of allylic oxidation sites excluding steroid dienone is 4. The third-order valence-corrected chi connectivity index (χ3v) is 3.05. The van der Waals surface area contributed by atoms with Crippen LogP contribution in [0.1, 0.15) is 31.7 Å². The first kappa shape index (κ1) is 11.0. The molecule has 0 saturated heterocycles. The highest BCUT2D eigenvalue weighted by molar-refractivity contribution is 5.76. The summed E-state index contributed by atoms with van der Waals surface area (Å²) in [6.45, 7) is 2.22. The summed E-state index contributed by atoms with van der Waals surface area (Å²) in [5.41, 5.74) is 4.13. The molecule has 1 aliphatic rings. The average Bonchev–Trinajstić information content (AvgIpc) is 2.39. The van der Waals surface area contributed by atoms with Gasteiger partial charge in [0.25, 0.3) is 0 Å². The van der Waals surface area contributed by atoms with Crippen LogP contribution in [-0.4, -0.2) is 7.11 Å². The smallest absolute Gasteiger partial charge is 0.119 e. The van der Waals surface area contributed by atoms with E-state index in [2.05, 4.69) is 31.2 Å². The second-order valence-corrected chi connectivity index (χ2v) is 4.09. The molecule has 0 fully saturated rings. The van der Waals surface area contributed by atoms with E-state index in [9.17, 15) is 0 Å². The Hall–Kier alpha value is -1.50. The number of rotatable bonds is 3. The van der Waals surface area contributed by atoms with E-state index in [-0.39, 0.29) is 0 Å². The van der Waals surface area contributed by atoms with E-state index in [0.717, 1.165) is 18.6 Å². The van der Waals surface area contributed by atoms with Crippen LogP contribution in [0, 0.1) is 0 Å². The monoisotopic (exact) mass is 214 g/mol. The van der Waals surface area contributed by atoms with Crippen molar-refractivity contribution in [2.75, 3.05) is 7.11 Å². The Bertz CT molecular complexity index is 427. The van der Waals surface area contributed by atoms with Crippen molar-refractivity contribution in [3.05, 3.63) is 47.6 Å².